The van der Waals surface area contributed by atoms with Gasteiger partial charge in [0.25, 0.3) is 0 Å². The highest BCUT2D eigenvalue weighted by Crippen LogP contribution is 2.13. The van der Waals surface area contributed by atoms with Crippen molar-refractivity contribution < 1.29 is 0 Å². The van der Waals surface area contributed by atoms with Crippen LogP contribution < -0.4 is 5.43 Å². The van der Waals surface area contributed by atoms with Crippen molar-refractivity contribution >= 4 is 12.4 Å². The number of hydrogen-bond donors (Lipinski definition) is 1. The molecule has 0 aromatic carbocycles. The minimum atomic E-state index is 0. The topological polar surface area (TPSA) is 15.3 Å². The largest absolute Gasteiger partial charge is 0.256 e. The van der Waals surface area contributed by atoms with E-state index in [1.807, 2.05) is 5.01 Å². The van der Waals surface area contributed by atoms with E-state index in [1.54, 1.807) is 0 Å². The Labute approximate surface area is 153 Å². The lowest BCUT2D eigenvalue weighted by molar-refractivity contribution is 0.286. The highest BCUT2D eigenvalue weighted by Gasteiger charge is 1.94. The van der Waals surface area contributed by atoms with Crippen LogP contribution in [0.15, 0.2) is 0 Å². The van der Waals surface area contributed by atoms with Crippen LogP contribution in [0.5, 0.6) is 0 Å². The van der Waals surface area contributed by atoms with Crippen molar-refractivity contribution in [2.24, 2.45) is 0 Å². The third kappa shape index (κ3) is 24.6. The molecule has 0 heterocycles. The van der Waals surface area contributed by atoms with Gasteiger partial charge >= 0.3 is 0 Å². The molecular formula is C20H45ClN2. The fraction of sp³-hybridized carbons (Fsp3) is 1.00. The molecule has 0 amide bonds. The minimum Gasteiger partial charge on any atom is -0.256 e. The zero-order chi connectivity index (χ0) is 16.3. The van der Waals surface area contributed by atoms with E-state index in [0.717, 1.165) is 6.54 Å². The first-order valence-corrected chi connectivity index (χ1v) is 10.2. The first kappa shape index (κ1) is 25.5. The predicted octanol–water partition coefficient (Wildman–Crippen LogP) is 6.74. The van der Waals surface area contributed by atoms with Gasteiger partial charge in [-0.05, 0) is 6.42 Å². The molecule has 0 aliphatic carbocycles. The van der Waals surface area contributed by atoms with Crippen LogP contribution in [-0.4, -0.2) is 25.6 Å². The van der Waals surface area contributed by atoms with Crippen LogP contribution >= 0.6 is 12.4 Å². The fourth-order valence-corrected chi connectivity index (χ4v) is 2.98. The SMILES string of the molecule is CCCCCCCCCCCCCCCCCCNN(C)C.Cl. The number of hydrazine groups is 1. The molecule has 0 saturated heterocycles. The van der Waals surface area contributed by atoms with Crippen molar-refractivity contribution in [1.29, 1.82) is 0 Å². The van der Waals surface area contributed by atoms with Crippen molar-refractivity contribution in [1.82, 2.24) is 10.4 Å². The van der Waals surface area contributed by atoms with E-state index >= 15 is 0 Å². The molecule has 0 atom stereocenters. The van der Waals surface area contributed by atoms with Gasteiger partial charge < -0.3 is 0 Å². The van der Waals surface area contributed by atoms with E-state index in [0.29, 0.717) is 0 Å². The van der Waals surface area contributed by atoms with Gasteiger partial charge in [-0.1, -0.05) is 103 Å². The number of unbranched alkanes of at least 4 members (excludes halogenated alkanes) is 15. The zero-order valence-corrected chi connectivity index (χ0v) is 17.2. The molecule has 0 bridgehead atoms. The summed E-state index contributed by atoms with van der Waals surface area (Å²) in [7, 11) is 4.12. The Morgan fingerprint density at radius 2 is 0.826 bits per heavy atom. The summed E-state index contributed by atoms with van der Waals surface area (Å²) in [6.45, 7) is 3.42. The number of nitrogens with zero attached hydrogens (tertiary/aromatic N) is 1. The summed E-state index contributed by atoms with van der Waals surface area (Å²) in [6.07, 6.45) is 23.1. The Balaban J connectivity index is 0. The summed E-state index contributed by atoms with van der Waals surface area (Å²) in [4.78, 5) is 0. The summed E-state index contributed by atoms with van der Waals surface area (Å²) < 4.78 is 0. The predicted molar refractivity (Wildman–Crippen MR) is 108 cm³/mol. The summed E-state index contributed by atoms with van der Waals surface area (Å²) >= 11 is 0. The maximum absolute atomic E-state index is 3.33. The molecule has 0 rings (SSSR count). The van der Waals surface area contributed by atoms with Gasteiger partial charge in [0.05, 0.1) is 0 Å². The van der Waals surface area contributed by atoms with Gasteiger partial charge in [-0.25, -0.2) is 0 Å². The Morgan fingerprint density at radius 1 is 0.522 bits per heavy atom. The Hall–Kier alpha value is 0.210. The Bertz CT molecular complexity index is 198. The normalized spacial score (nSPS) is 11.0. The van der Waals surface area contributed by atoms with Gasteiger partial charge in [-0.2, -0.15) is 0 Å². The Kier molecular flexibility index (Phi) is 24.6. The molecular weight excluding hydrogens is 304 g/mol. The molecule has 23 heavy (non-hydrogen) atoms. The highest BCUT2D eigenvalue weighted by molar-refractivity contribution is 5.85. The molecule has 3 heteroatoms. The molecule has 0 saturated carbocycles. The minimum absolute atomic E-state index is 0. The molecule has 0 aromatic heterocycles. The molecule has 0 aliphatic rings. The van der Waals surface area contributed by atoms with Crippen LogP contribution in [0.25, 0.3) is 0 Å². The van der Waals surface area contributed by atoms with Gasteiger partial charge in [-0.3, -0.25) is 10.4 Å². The standard InChI is InChI=1S/C20H44N2.ClH/c1-4-5-6-7-8-9-10-11-12-13-14-15-16-17-18-19-20-21-22(2)3;/h21H,4-20H2,1-3H3;1H. The van der Waals surface area contributed by atoms with E-state index in [4.69, 9.17) is 0 Å². The van der Waals surface area contributed by atoms with Gasteiger partial charge in [-0.15, -0.1) is 12.4 Å². The molecule has 0 fully saturated rings. The van der Waals surface area contributed by atoms with Gasteiger partial charge in [0, 0.05) is 20.6 Å². The lowest BCUT2D eigenvalue weighted by Crippen LogP contribution is -2.30. The third-order valence-electron chi connectivity index (χ3n) is 4.46. The van der Waals surface area contributed by atoms with E-state index in [-0.39, 0.29) is 12.4 Å². The lowest BCUT2D eigenvalue weighted by Gasteiger charge is -2.11. The van der Waals surface area contributed by atoms with Crippen molar-refractivity contribution in [3.63, 3.8) is 0 Å². The van der Waals surface area contributed by atoms with Crippen molar-refractivity contribution in [3.8, 4) is 0 Å². The first-order chi connectivity index (χ1) is 10.8. The quantitative estimate of drug-likeness (QED) is 0.218. The summed E-state index contributed by atoms with van der Waals surface area (Å²) in [6, 6.07) is 0. The van der Waals surface area contributed by atoms with Crippen LogP contribution in [0.2, 0.25) is 0 Å². The number of hydrogen-bond acceptors (Lipinski definition) is 2. The van der Waals surface area contributed by atoms with Crippen LogP contribution in [0.3, 0.4) is 0 Å². The van der Waals surface area contributed by atoms with Crippen LogP contribution in [-0.2, 0) is 0 Å². The number of rotatable bonds is 18. The molecule has 142 valence electrons. The second kappa shape index (κ2) is 22.2. The molecule has 2 nitrogen and oxygen atoms in total. The number of halogens is 1. The van der Waals surface area contributed by atoms with Crippen LogP contribution in [0.1, 0.15) is 110 Å². The maximum Gasteiger partial charge on any atom is 0.0102 e. The summed E-state index contributed by atoms with van der Waals surface area (Å²) in [5, 5.41) is 2.05. The summed E-state index contributed by atoms with van der Waals surface area (Å²) in [5.74, 6) is 0. The van der Waals surface area contributed by atoms with Crippen LogP contribution in [0.4, 0.5) is 0 Å². The fourth-order valence-electron chi connectivity index (χ4n) is 2.98. The summed E-state index contributed by atoms with van der Waals surface area (Å²) in [5.41, 5.74) is 3.33. The average molecular weight is 349 g/mol. The highest BCUT2D eigenvalue weighted by atomic mass is 35.5. The first-order valence-electron chi connectivity index (χ1n) is 10.2. The van der Waals surface area contributed by atoms with Crippen molar-refractivity contribution in [2.75, 3.05) is 20.6 Å². The van der Waals surface area contributed by atoms with Crippen LogP contribution in [0, 0.1) is 0 Å². The molecule has 0 aliphatic heterocycles. The smallest absolute Gasteiger partial charge is 0.0102 e. The maximum atomic E-state index is 3.33. The molecule has 0 unspecified atom stereocenters. The zero-order valence-electron chi connectivity index (χ0n) is 16.4. The van der Waals surface area contributed by atoms with Gasteiger partial charge in [0.15, 0.2) is 0 Å². The van der Waals surface area contributed by atoms with E-state index in [1.165, 1.54) is 103 Å². The Morgan fingerprint density at radius 3 is 1.13 bits per heavy atom. The van der Waals surface area contributed by atoms with E-state index in [2.05, 4.69) is 26.4 Å². The molecule has 1 N–H and O–H groups in total. The molecule has 0 spiro atoms. The number of nitrogens with one attached hydrogen (secondary N) is 1. The van der Waals surface area contributed by atoms with Crippen molar-refractivity contribution in [2.45, 2.75) is 110 Å². The third-order valence-corrected chi connectivity index (χ3v) is 4.46. The molecule has 0 aromatic rings. The van der Waals surface area contributed by atoms with E-state index < -0.39 is 0 Å². The van der Waals surface area contributed by atoms with Gasteiger partial charge in [0.2, 0.25) is 0 Å². The second-order valence-corrected chi connectivity index (χ2v) is 7.11. The lowest BCUT2D eigenvalue weighted by atomic mass is 10.0. The monoisotopic (exact) mass is 348 g/mol. The average Bonchev–Trinajstić information content (AvgIpc) is 2.50. The van der Waals surface area contributed by atoms with Crippen molar-refractivity contribution in [3.05, 3.63) is 0 Å². The van der Waals surface area contributed by atoms with E-state index in [9.17, 15) is 0 Å². The molecule has 0 radical (unpaired) electrons. The van der Waals surface area contributed by atoms with Gasteiger partial charge in [0.1, 0.15) is 0 Å². The second-order valence-electron chi connectivity index (χ2n) is 7.11.